The third kappa shape index (κ3) is 4.24. The normalized spacial score (nSPS) is 12.1. The van der Waals surface area contributed by atoms with Gasteiger partial charge in [-0.3, -0.25) is 0 Å². The first kappa shape index (κ1) is 21.7. The molecule has 0 saturated carbocycles. The number of hydrogen-bond acceptors (Lipinski definition) is 4. The van der Waals surface area contributed by atoms with Gasteiger partial charge in [-0.25, -0.2) is 4.98 Å². The van der Waals surface area contributed by atoms with Crippen molar-refractivity contribution in [1.29, 1.82) is 5.26 Å². The molecule has 2 heterocycles. The summed E-state index contributed by atoms with van der Waals surface area (Å²) >= 11 is 1.34. The van der Waals surface area contributed by atoms with Crippen LogP contribution in [0.15, 0.2) is 88.7 Å². The predicted molar refractivity (Wildman–Crippen MR) is 128 cm³/mol. The molecule has 0 spiro atoms. The van der Waals surface area contributed by atoms with Crippen molar-refractivity contribution in [1.82, 2.24) is 4.98 Å². The van der Waals surface area contributed by atoms with Gasteiger partial charge in [-0.2, -0.15) is 18.4 Å². The summed E-state index contributed by atoms with van der Waals surface area (Å²) in [6.45, 7) is 0. The lowest BCUT2D eigenvalue weighted by Gasteiger charge is -2.07. The highest BCUT2D eigenvalue weighted by Gasteiger charge is 2.30. The van der Waals surface area contributed by atoms with E-state index in [9.17, 15) is 18.4 Å². The van der Waals surface area contributed by atoms with Crippen molar-refractivity contribution < 1.29 is 17.6 Å². The van der Waals surface area contributed by atoms with Gasteiger partial charge in [0.25, 0.3) is 0 Å². The number of benzene rings is 3. The quantitative estimate of drug-likeness (QED) is 0.247. The van der Waals surface area contributed by atoms with Gasteiger partial charge in [0.2, 0.25) is 0 Å². The maximum Gasteiger partial charge on any atom is 0.416 e. The van der Waals surface area contributed by atoms with Crippen LogP contribution in [0.25, 0.3) is 45.0 Å². The van der Waals surface area contributed by atoms with Crippen molar-refractivity contribution in [3.63, 3.8) is 0 Å². The van der Waals surface area contributed by atoms with Gasteiger partial charge in [-0.1, -0.05) is 54.6 Å². The molecule has 0 unspecified atom stereocenters. The van der Waals surface area contributed by atoms with Gasteiger partial charge in [0.15, 0.2) is 0 Å². The Balaban J connectivity index is 1.46. The van der Waals surface area contributed by atoms with Gasteiger partial charge in [-0.15, -0.1) is 11.3 Å². The summed E-state index contributed by atoms with van der Waals surface area (Å²) < 4.78 is 44.8. The van der Waals surface area contributed by atoms with Crippen molar-refractivity contribution in [2.45, 2.75) is 6.18 Å². The smallest absolute Gasteiger partial charge is 0.416 e. The van der Waals surface area contributed by atoms with Crippen LogP contribution in [0, 0.1) is 11.3 Å². The van der Waals surface area contributed by atoms with Gasteiger partial charge >= 0.3 is 6.18 Å². The summed E-state index contributed by atoms with van der Waals surface area (Å²) in [6, 6.07) is 24.3. The van der Waals surface area contributed by atoms with E-state index in [0.29, 0.717) is 21.9 Å². The molecule has 166 valence electrons. The number of nitriles is 1. The molecule has 0 aliphatic heterocycles. The number of rotatable bonds is 4. The number of fused-ring (bicyclic) bond motifs is 1. The zero-order valence-corrected chi connectivity index (χ0v) is 18.3. The van der Waals surface area contributed by atoms with Gasteiger partial charge in [-0.05, 0) is 35.0 Å². The Morgan fingerprint density at radius 1 is 0.971 bits per heavy atom. The molecule has 3 nitrogen and oxygen atoms in total. The first-order valence-electron chi connectivity index (χ1n) is 10.3. The minimum absolute atomic E-state index is 0.283. The minimum atomic E-state index is -4.44. The van der Waals surface area contributed by atoms with Crippen molar-refractivity contribution in [2.75, 3.05) is 0 Å². The molecule has 0 fully saturated rings. The van der Waals surface area contributed by atoms with Crippen molar-refractivity contribution in [2.24, 2.45) is 0 Å². The molecule has 7 heteroatoms. The predicted octanol–water partition coefficient (Wildman–Crippen LogP) is 8.31. The number of alkyl halides is 3. The molecule has 0 atom stereocenters. The molecule has 34 heavy (non-hydrogen) atoms. The summed E-state index contributed by atoms with van der Waals surface area (Å²) in [7, 11) is 0. The zero-order chi connectivity index (χ0) is 23.7. The molecule has 0 bridgehead atoms. The Labute approximate surface area is 197 Å². The Kier molecular flexibility index (Phi) is 5.52. The molecule has 5 rings (SSSR count). The fraction of sp³-hybridized carbons (Fsp3) is 0.0370. The maximum atomic E-state index is 13.0. The summed E-state index contributed by atoms with van der Waals surface area (Å²) in [5.41, 5.74) is 1.60. The van der Waals surface area contributed by atoms with E-state index in [1.807, 2.05) is 47.8 Å². The molecule has 0 radical (unpaired) electrons. The zero-order valence-electron chi connectivity index (χ0n) is 17.5. The van der Waals surface area contributed by atoms with Crippen LogP contribution in [0.4, 0.5) is 13.2 Å². The number of halogens is 3. The van der Waals surface area contributed by atoms with E-state index in [0.717, 1.165) is 34.2 Å². The second kappa shape index (κ2) is 8.65. The molecule has 0 aliphatic rings. The number of thiazole rings is 1. The average molecular weight is 472 g/mol. The van der Waals surface area contributed by atoms with E-state index in [4.69, 9.17) is 4.42 Å². The second-order valence-electron chi connectivity index (χ2n) is 7.52. The monoisotopic (exact) mass is 472 g/mol. The van der Waals surface area contributed by atoms with Crippen molar-refractivity contribution in [3.05, 3.63) is 101 Å². The van der Waals surface area contributed by atoms with Crippen LogP contribution in [0.1, 0.15) is 16.3 Å². The third-order valence-electron chi connectivity index (χ3n) is 5.31. The number of nitrogens with zero attached hydrogens (tertiary/aromatic N) is 2. The largest absolute Gasteiger partial charge is 0.457 e. The first-order chi connectivity index (χ1) is 16.4. The third-order valence-corrected chi connectivity index (χ3v) is 6.18. The van der Waals surface area contributed by atoms with E-state index < -0.39 is 11.7 Å². The van der Waals surface area contributed by atoms with E-state index >= 15 is 0 Å². The summed E-state index contributed by atoms with van der Waals surface area (Å²) in [6.07, 6.45) is -2.89. The van der Waals surface area contributed by atoms with Crippen LogP contribution in [-0.2, 0) is 6.18 Å². The Morgan fingerprint density at radius 2 is 1.76 bits per heavy atom. The molecule has 0 saturated heterocycles. The Bertz CT molecular complexity index is 1570. The number of furan rings is 1. The molecule has 0 N–H and O–H groups in total. The SMILES string of the molecule is N#CC(=Cc1ccc(-c2cccc(C(F)(F)F)c2)o1)c1nc(-c2cccc3ccccc23)cs1. The highest BCUT2D eigenvalue weighted by atomic mass is 32.1. The van der Waals surface area contributed by atoms with E-state index in [1.165, 1.54) is 17.4 Å². The van der Waals surface area contributed by atoms with Crippen LogP contribution in [-0.4, -0.2) is 4.98 Å². The van der Waals surface area contributed by atoms with E-state index in [-0.39, 0.29) is 5.76 Å². The van der Waals surface area contributed by atoms with Crippen LogP contribution in [0.2, 0.25) is 0 Å². The minimum Gasteiger partial charge on any atom is -0.457 e. The van der Waals surface area contributed by atoms with Crippen LogP contribution < -0.4 is 0 Å². The van der Waals surface area contributed by atoms with Crippen molar-refractivity contribution in [3.8, 4) is 28.7 Å². The number of aromatic nitrogens is 1. The number of allylic oxidation sites excluding steroid dienone is 1. The molecule has 3 aromatic carbocycles. The van der Waals surface area contributed by atoms with E-state index in [2.05, 4.69) is 11.1 Å². The lowest BCUT2D eigenvalue weighted by atomic mass is 10.0. The standard InChI is InChI=1S/C27H15F3N2OS/c28-27(29,30)20-8-3-7-18(13-20)25-12-11-21(33-25)14-19(15-31)26-32-24(16-34-26)23-10-4-6-17-5-1-2-9-22(17)23/h1-14,16H. The Morgan fingerprint density at radius 3 is 2.59 bits per heavy atom. The Hall–Kier alpha value is -4.15. The molecule has 0 aliphatic carbocycles. The second-order valence-corrected chi connectivity index (χ2v) is 8.37. The molecular weight excluding hydrogens is 457 g/mol. The van der Waals surface area contributed by atoms with Gasteiger partial charge in [0.1, 0.15) is 22.6 Å². The highest BCUT2D eigenvalue weighted by molar-refractivity contribution is 7.11. The fourth-order valence-corrected chi connectivity index (χ4v) is 4.47. The molecule has 0 amide bonds. The van der Waals surface area contributed by atoms with Crippen LogP contribution >= 0.6 is 11.3 Å². The summed E-state index contributed by atoms with van der Waals surface area (Å²) in [5.74, 6) is 0.635. The first-order valence-corrected chi connectivity index (χ1v) is 11.1. The van der Waals surface area contributed by atoms with Crippen LogP contribution in [0.5, 0.6) is 0 Å². The van der Waals surface area contributed by atoms with E-state index in [1.54, 1.807) is 24.3 Å². The van der Waals surface area contributed by atoms with Gasteiger partial charge in [0, 0.05) is 22.6 Å². The van der Waals surface area contributed by atoms with Crippen molar-refractivity contribution >= 4 is 33.8 Å². The summed E-state index contributed by atoms with van der Waals surface area (Å²) in [4.78, 5) is 4.66. The highest BCUT2D eigenvalue weighted by Crippen LogP contribution is 2.34. The van der Waals surface area contributed by atoms with Crippen LogP contribution in [0.3, 0.4) is 0 Å². The molecular formula is C27H15F3N2OS. The number of hydrogen-bond donors (Lipinski definition) is 0. The average Bonchev–Trinajstić information content (AvgIpc) is 3.52. The lowest BCUT2D eigenvalue weighted by Crippen LogP contribution is -2.04. The molecule has 5 aromatic rings. The van der Waals surface area contributed by atoms with Gasteiger partial charge in [0.05, 0.1) is 16.8 Å². The van der Waals surface area contributed by atoms with Gasteiger partial charge < -0.3 is 4.42 Å². The summed E-state index contributed by atoms with van der Waals surface area (Å²) in [5, 5.41) is 14.3. The molecule has 2 aromatic heterocycles. The maximum absolute atomic E-state index is 13.0. The topological polar surface area (TPSA) is 49.8 Å². The lowest BCUT2D eigenvalue weighted by molar-refractivity contribution is -0.137. The fourth-order valence-electron chi connectivity index (χ4n) is 3.69.